The molecule has 3 atom stereocenters. The van der Waals surface area contributed by atoms with Crippen LogP contribution in [0.4, 0.5) is 0 Å². The molecule has 3 nitrogen and oxygen atoms in total. The first kappa shape index (κ1) is 13.9. The molecule has 0 amide bonds. The summed E-state index contributed by atoms with van der Waals surface area (Å²) in [5.74, 6) is 0.731. The first-order valence-electron chi connectivity index (χ1n) is 6.41. The van der Waals surface area contributed by atoms with Crippen molar-refractivity contribution in [2.24, 2.45) is 11.3 Å². The van der Waals surface area contributed by atoms with Gasteiger partial charge >= 0.3 is 0 Å². The molecule has 1 heterocycles. The molecule has 0 saturated carbocycles. The summed E-state index contributed by atoms with van der Waals surface area (Å²) in [6, 6.07) is 0.666. The molecule has 0 aromatic rings. The van der Waals surface area contributed by atoms with E-state index in [0.717, 1.165) is 25.4 Å². The highest BCUT2D eigenvalue weighted by atomic mass is 16.3. The predicted octanol–water partition coefficient (Wildman–Crippen LogP) is 1.28. The number of hydrogen-bond donors (Lipinski definition) is 1. The molecule has 0 bridgehead atoms. The van der Waals surface area contributed by atoms with E-state index in [-0.39, 0.29) is 5.41 Å². The van der Waals surface area contributed by atoms with Crippen LogP contribution in [0.5, 0.6) is 0 Å². The monoisotopic (exact) mass is 228 g/mol. The van der Waals surface area contributed by atoms with E-state index in [1.54, 1.807) is 0 Å². The van der Waals surface area contributed by atoms with E-state index in [4.69, 9.17) is 0 Å². The van der Waals surface area contributed by atoms with Crippen LogP contribution in [0.25, 0.3) is 0 Å². The minimum atomic E-state index is 0.0704. The molecule has 16 heavy (non-hydrogen) atoms. The molecule has 1 rings (SSSR count). The zero-order valence-corrected chi connectivity index (χ0v) is 11.5. The summed E-state index contributed by atoms with van der Waals surface area (Å²) < 4.78 is 0. The second-order valence-corrected chi connectivity index (χ2v) is 6.02. The van der Waals surface area contributed by atoms with Crippen LogP contribution >= 0.6 is 0 Å². The average molecular weight is 228 g/mol. The number of nitrogens with zero attached hydrogens (tertiary/aromatic N) is 2. The molecular formula is C13H28N2O. The van der Waals surface area contributed by atoms with Crippen LogP contribution in [-0.2, 0) is 0 Å². The number of aliphatic hydroxyl groups excluding tert-OH is 1. The Morgan fingerprint density at radius 2 is 2.00 bits per heavy atom. The third-order valence-electron chi connectivity index (χ3n) is 4.15. The smallest absolute Gasteiger partial charge is 0.0496 e. The molecule has 1 fully saturated rings. The first-order chi connectivity index (χ1) is 7.41. The van der Waals surface area contributed by atoms with Crippen LogP contribution in [0.2, 0.25) is 0 Å². The van der Waals surface area contributed by atoms with Gasteiger partial charge in [-0.15, -0.1) is 0 Å². The van der Waals surface area contributed by atoms with Crippen LogP contribution in [0.3, 0.4) is 0 Å². The molecule has 3 unspecified atom stereocenters. The van der Waals surface area contributed by atoms with Gasteiger partial charge in [-0.3, -0.25) is 0 Å². The van der Waals surface area contributed by atoms with Crippen molar-refractivity contribution in [1.82, 2.24) is 9.80 Å². The number of likely N-dealkylation sites (tertiary alicyclic amines) is 1. The highest BCUT2D eigenvalue weighted by Gasteiger charge is 2.34. The molecule has 0 radical (unpaired) electrons. The Kier molecular flexibility index (Phi) is 4.77. The van der Waals surface area contributed by atoms with Gasteiger partial charge in [0.2, 0.25) is 0 Å². The van der Waals surface area contributed by atoms with E-state index >= 15 is 0 Å². The zero-order chi connectivity index (χ0) is 12.3. The molecule has 1 N–H and O–H groups in total. The third kappa shape index (κ3) is 3.19. The van der Waals surface area contributed by atoms with E-state index in [2.05, 4.69) is 44.7 Å². The number of aliphatic hydroxyl groups is 1. The van der Waals surface area contributed by atoms with Gasteiger partial charge in [-0.05, 0) is 26.4 Å². The molecule has 0 spiro atoms. The Bertz CT molecular complexity index is 214. The van der Waals surface area contributed by atoms with Crippen molar-refractivity contribution in [2.45, 2.75) is 33.2 Å². The van der Waals surface area contributed by atoms with Crippen LogP contribution in [0.15, 0.2) is 0 Å². The Morgan fingerprint density at radius 1 is 1.38 bits per heavy atom. The number of rotatable bonds is 5. The van der Waals surface area contributed by atoms with Crippen LogP contribution in [-0.4, -0.2) is 61.3 Å². The van der Waals surface area contributed by atoms with Gasteiger partial charge in [0.05, 0.1) is 0 Å². The van der Waals surface area contributed by atoms with Gasteiger partial charge in [0.1, 0.15) is 0 Å². The lowest BCUT2D eigenvalue weighted by atomic mass is 9.88. The minimum absolute atomic E-state index is 0.0704. The maximum absolute atomic E-state index is 9.45. The molecule has 3 heteroatoms. The van der Waals surface area contributed by atoms with E-state index in [0.29, 0.717) is 12.6 Å². The highest BCUT2D eigenvalue weighted by Crippen LogP contribution is 2.27. The van der Waals surface area contributed by atoms with Gasteiger partial charge in [0, 0.05) is 37.7 Å². The quantitative estimate of drug-likeness (QED) is 0.768. The van der Waals surface area contributed by atoms with Crippen molar-refractivity contribution in [3.05, 3.63) is 0 Å². The van der Waals surface area contributed by atoms with Crippen molar-refractivity contribution in [3.8, 4) is 0 Å². The van der Waals surface area contributed by atoms with Gasteiger partial charge in [-0.2, -0.15) is 0 Å². The number of hydrogen-bond acceptors (Lipinski definition) is 3. The Morgan fingerprint density at radius 3 is 2.38 bits per heavy atom. The van der Waals surface area contributed by atoms with Crippen LogP contribution < -0.4 is 0 Å². The lowest BCUT2D eigenvalue weighted by Gasteiger charge is -2.31. The van der Waals surface area contributed by atoms with Crippen LogP contribution in [0.1, 0.15) is 27.2 Å². The molecule has 1 saturated heterocycles. The maximum Gasteiger partial charge on any atom is 0.0496 e. The average Bonchev–Trinajstić information content (AvgIpc) is 2.59. The van der Waals surface area contributed by atoms with Gasteiger partial charge in [0.15, 0.2) is 0 Å². The minimum Gasteiger partial charge on any atom is -0.396 e. The topological polar surface area (TPSA) is 26.7 Å². The van der Waals surface area contributed by atoms with Crippen molar-refractivity contribution < 1.29 is 5.11 Å². The van der Waals surface area contributed by atoms with Crippen molar-refractivity contribution in [1.29, 1.82) is 0 Å². The first-order valence-corrected chi connectivity index (χ1v) is 6.41. The largest absolute Gasteiger partial charge is 0.396 e. The van der Waals surface area contributed by atoms with Crippen molar-refractivity contribution in [2.75, 3.05) is 40.3 Å². The summed E-state index contributed by atoms with van der Waals surface area (Å²) >= 11 is 0. The summed E-state index contributed by atoms with van der Waals surface area (Å²) in [5, 5.41) is 9.45. The van der Waals surface area contributed by atoms with Crippen molar-refractivity contribution in [3.63, 3.8) is 0 Å². The maximum atomic E-state index is 9.45. The summed E-state index contributed by atoms with van der Waals surface area (Å²) in [4.78, 5) is 4.84. The van der Waals surface area contributed by atoms with E-state index in [1.165, 1.54) is 6.54 Å². The molecular weight excluding hydrogens is 200 g/mol. The molecule has 96 valence electrons. The van der Waals surface area contributed by atoms with Gasteiger partial charge in [-0.25, -0.2) is 0 Å². The normalized spacial score (nSPS) is 30.9. The fourth-order valence-electron chi connectivity index (χ4n) is 2.66. The van der Waals surface area contributed by atoms with E-state index < -0.39 is 0 Å². The fraction of sp³-hybridized carbons (Fsp3) is 1.00. The molecule has 0 aliphatic carbocycles. The summed E-state index contributed by atoms with van der Waals surface area (Å²) in [5.41, 5.74) is 0.0704. The van der Waals surface area contributed by atoms with Gasteiger partial charge < -0.3 is 14.9 Å². The Balaban J connectivity index is 2.53. The Hall–Kier alpha value is -0.120. The van der Waals surface area contributed by atoms with Crippen molar-refractivity contribution >= 4 is 0 Å². The van der Waals surface area contributed by atoms with E-state index in [1.807, 2.05) is 0 Å². The predicted molar refractivity (Wildman–Crippen MR) is 68.6 cm³/mol. The molecule has 1 aliphatic heterocycles. The summed E-state index contributed by atoms with van der Waals surface area (Å²) in [6.07, 6.45) is 1.04. The highest BCUT2D eigenvalue weighted by molar-refractivity contribution is 4.89. The second kappa shape index (κ2) is 5.48. The Labute approximate surface area is 100 Å². The zero-order valence-electron chi connectivity index (χ0n) is 11.5. The molecule has 0 aromatic heterocycles. The molecule has 1 aliphatic rings. The van der Waals surface area contributed by atoms with Crippen LogP contribution in [0, 0.1) is 11.3 Å². The van der Waals surface area contributed by atoms with Gasteiger partial charge in [-0.1, -0.05) is 20.8 Å². The van der Waals surface area contributed by atoms with Gasteiger partial charge in [0.25, 0.3) is 0 Å². The molecule has 0 aromatic carbocycles. The van der Waals surface area contributed by atoms with E-state index in [9.17, 15) is 5.11 Å². The SMILES string of the molecule is CCC(C)(CO)CN1CC(C)C(N(C)C)C1. The number of likely N-dealkylation sites (N-methyl/N-ethyl adjacent to an activating group) is 1. The summed E-state index contributed by atoms with van der Waals surface area (Å²) in [6.45, 7) is 10.3. The second-order valence-electron chi connectivity index (χ2n) is 6.02. The standard InChI is InChI=1S/C13H28N2O/c1-6-13(3,10-16)9-15-7-11(2)12(8-15)14(4)5/h11-12,16H,6-10H2,1-5H3. The third-order valence-corrected chi connectivity index (χ3v) is 4.15. The fourth-order valence-corrected chi connectivity index (χ4v) is 2.66. The lowest BCUT2D eigenvalue weighted by molar-refractivity contribution is 0.0917. The summed E-state index contributed by atoms with van der Waals surface area (Å²) in [7, 11) is 4.32. The lowest BCUT2D eigenvalue weighted by Crippen LogP contribution is -2.39.